The van der Waals surface area contributed by atoms with E-state index in [-0.39, 0.29) is 23.7 Å². The molecule has 7 nitrogen and oxygen atoms in total. The van der Waals surface area contributed by atoms with Crippen LogP contribution in [0.4, 0.5) is 0 Å². The van der Waals surface area contributed by atoms with Crippen LogP contribution < -0.4 is 0 Å². The van der Waals surface area contributed by atoms with Crippen molar-refractivity contribution in [3.8, 4) is 6.07 Å². The molecule has 0 amide bonds. The summed E-state index contributed by atoms with van der Waals surface area (Å²) in [5.41, 5.74) is -0.950. The fourth-order valence-corrected chi connectivity index (χ4v) is 3.87. The summed E-state index contributed by atoms with van der Waals surface area (Å²) < 4.78 is 26.2. The third kappa shape index (κ3) is 2.89. The van der Waals surface area contributed by atoms with Crippen LogP contribution in [0.15, 0.2) is 23.2 Å². The summed E-state index contributed by atoms with van der Waals surface area (Å²) in [4.78, 5) is 15.0. The first-order valence-electron chi connectivity index (χ1n) is 6.39. The van der Waals surface area contributed by atoms with Gasteiger partial charge in [0.2, 0.25) is 10.0 Å². The fourth-order valence-electron chi connectivity index (χ4n) is 2.32. The Labute approximate surface area is 122 Å². The highest BCUT2D eigenvalue weighted by molar-refractivity contribution is 7.89. The first-order valence-corrected chi connectivity index (χ1v) is 7.83. The number of rotatable bonds is 3. The van der Waals surface area contributed by atoms with Crippen LogP contribution in [0.5, 0.6) is 0 Å². The number of aliphatic carboxylic acids is 1. The Bertz CT molecular complexity index is 693. The lowest BCUT2D eigenvalue weighted by Gasteiger charge is -2.36. The van der Waals surface area contributed by atoms with Crippen molar-refractivity contribution in [1.82, 2.24) is 9.29 Å². The van der Waals surface area contributed by atoms with Gasteiger partial charge in [-0.25, -0.2) is 13.4 Å². The molecule has 8 heteroatoms. The maximum absolute atomic E-state index is 12.5. The van der Waals surface area contributed by atoms with Crippen LogP contribution in [0.25, 0.3) is 0 Å². The molecule has 112 valence electrons. The normalized spacial score (nSPS) is 23.4. The van der Waals surface area contributed by atoms with E-state index >= 15 is 0 Å². The molecule has 0 bridgehead atoms. The average Bonchev–Trinajstić information content (AvgIpc) is 2.47. The quantitative estimate of drug-likeness (QED) is 0.885. The second-order valence-corrected chi connectivity index (χ2v) is 7.24. The second-order valence-electron chi connectivity index (χ2n) is 5.30. The predicted molar refractivity (Wildman–Crippen MR) is 72.7 cm³/mol. The largest absolute Gasteiger partial charge is 0.481 e. The third-order valence-electron chi connectivity index (χ3n) is 3.67. The Morgan fingerprint density at radius 2 is 2.24 bits per heavy atom. The summed E-state index contributed by atoms with van der Waals surface area (Å²) in [5.74, 6) is -1.000. The number of aromatic nitrogens is 1. The van der Waals surface area contributed by atoms with E-state index in [9.17, 15) is 18.3 Å². The van der Waals surface area contributed by atoms with E-state index in [1.54, 1.807) is 6.92 Å². The number of nitriles is 1. The van der Waals surface area contributed by atoms with E-state index < -0.39 is 21.4 Å². The number of hydrogen-bond acceptors (Lipinski definition) is 5. The molecule has 2 heterocycles. The molecule has 2 rings (SSSR count). The number of carbonyl (C=O) groups is 1. The average molecular weight is 309 g/mol. The number of nitrogens with zero attached hydrogens (tertiary/aromatic N) is 3. The van der Waals surface area contributed by atoms with Gasteiger partial charge in [0.25, 0.3) is 0 Å². The first kappa shape index (κ1) is 15.4. The van der Waals surface area contributed by atoms with Gasteiger partial charge in [-0.2, -0.15) is 9.57 Å². The van der Waals surface area contributed by atoms with Crippen molar-refractivity contribution in [3.05, 3.63) is 24.0 Å². The Kier molecular flexibility index (Phi) is 3.98. The molecule has 1 saturated heterocycles. The summed E-state index contributed by atoms with van der Waals surface area (Å²) in [6.45, 7) is 1.77. The lowest BCUT2D eigenvalue weighted by Crippen LogP contribution is -2.48. The van der Waals surface area contributed by atoms with Crippen LogP contribution in [-0.4, -0.2) is 41.9 Å². The van der Waals surface area contributed by atoms with E-state index in [1.807, 2.05) is 6.07 Å². The number of hydrogen-bond donors (Lipinski definition) is 1. The van der Waals surface area contributed by atoms with Gasteiger partial charge in [-0.3, -0.25) is 4.79 Å². The number of carboxylic acid groups (broad SMARTS) is 1. The zero-order valence-electron chi connectivity index (χ0n) is 11.5. The minimum absolute atomic E-state index is 0.0314. The number of sulfonamides is 1. The molecule has 0 aromatic carbocycles. The molecule has 0 radical (unpaired) electrons. The molecule has 1 aliphatic heterocycles. The van der Waals surface area contributed by atoms with Crippen LogP contribution in [0, 0.1) is 16.7 Å². The van der Waals surface area contributed by atoms with Crippen LogP contribution in [0.2, 0.25) is 0 Å². The molecule has 21 heavy (non-hydrogen) atoms. The van der Waals surface area contributed by atoms with Crippen LogP contribution >= 0.6 is 0 Å². The molecule has 1 unspecified atom stereocenters. The molecular formula is C13H15N3O4S. The SMILES string of the molecule is CC1(C(=O)O)CCCN(S(=O)(=O)c2ccc(C#N)nc2)C1. The van der Waals surface area contributed by atoms with Gasteiger partial charge >= 0.3 is 5.97 Å². The Hall–Kier alpha value is -1.98. The molecule has 1 aromatic heterocycles. The smallest absolute Gasteiger partial charge is 0.310 e. The Balaban J connectivity index is 2.30. The highest BCUT2D eigenvalue weighted by Gasteiger charge is 2.42. The van der Waals surface area contributed by atoms with Gasteiger partial charge in [-0.15, -0.1) is 0 Å². The van der Waals surface area contributed by atoms with Crippen molar-refractivity contribution < 1.29 is 18.3 Å². The lowest BCUT2D eigenvalue weighted by molar-refractivity contribution is -0.150. The van der Waals surface area contributed by atoms with E-state index in [0.29, 0.717) is 12.8 Å². The summed E-state index contributed by atoms with van der Waals surface area (Å²) >= 11 is 0. The predicted octanol–water partition coefficient (Wildman–Crippen LogP) is 0.829. The number of piperidine rings is 1. The Morgan fingerprint density at radius 1 is 1.52 bits per heavy atom. The second kappa shape index (κ2) is 5.42. The van der Waals surface area contributed by atoms with Gasteiger partial charge in [-0.05, 0) is 31.9 Å². The van der Waals surface area contributed by atoms with Gasteiger partial charge in [0.15, 0.2) is 0 Å². The summed E-state index contributed by atoms with van der Waals surface area (Å²) in [5, 5.41) is 17.9. The third-order valence-corrected chi connectivity index (χ3v) is 5.50. The monoisotopic (exact) mass is 309 g/mol. The standard InChI is InChI=1S/C13H15N3O4S/c1-13(12(17)18)5-2-6-16(9-13)21(19,20)11-4-3-10(7-14)15-8-11/h3-4,8H,2,5-6,9H2,1H3,(H,17,18). The Morgan fingerprint density at radius 3 is 2.76 bits per heavy atom. The summed E-state index contributed by atoms with van der Waals surface area (Å²) in [6.07, 6.45) is 2.06. The van der Waals surface area contributed by atoms with Crippen molar-refractivity contribution >= 4 is 16.0 Å². The molecule has 1 aliphatic rings. The molecular weight excluding hydrogens is 294 g/mol. The molecule has 1 fully saturated rings. The van der Waals surface area contributed by atoms with Gasteiger partial charge < -0.3 is 5.11 Å². The molecule has 1 N–H and O–H groups in total. The van der Waals surface area contributed by atoms with E-state index in [2.05, 4.69) is 4.98 Å². The van der Waals surface area contributed by atoms with Gasteiger partial charge in [0, 0.05) is 19.3 Å². The molecule has 0 aliphatic carbocycles. The zero-order chi connectivity index (χ0) is 15.7. The maximum Gasteiger partial charge on any atom is 0.310 e. The van der Waals surface area contributed by atoms with Crippen molar-refractivity contribution in [2.75, 3.05) is 13.1 Å². The highest BCUT2D eigenvalue weighted by atomic mass is 32.2. The zero-order valence-corrected chi connectivity index (χ0v) is 12.3. The maximum atomic E-state index is 12.5. The van der Waals surface area contributed by atoms with Crippen molar-refractivity contribution in [2.24, 2.45) is 5.41 Å². The molecule has 0 spiro atoms. The minimum Gasteiger partial charge on any atom is -0.481 e. The number of carboxylic acids is 1. The van der Waals surface area contributed by atoms with Gasteiger partial charge in [0.05, 0.1) is 5.41 Å². The first-order chi connectivity index (χ1) is 9.79. The van der Waals surface area contributed by atoms with Crippen molar-refractivity contribution in [3.63, 3.8) is 0 Å². The van der Waals surface area contributed by atoms with E-state index in [4.69, 9.17) is 5.26 Å². The van der Waals surface area contributed by atoms with E-state index in [1.165, 1.54) is 16.4 Å². The lowest BCUT2D eigenvalue weighted by atomic mass is 9.83. The van der Waals surface area contributed by atoms with Gasteiger partial charge in [-0.1, -0.05) is 0 Å². The topological polar surface area (TPSA) is 111 Å². The minimum atomic E-state index is -3.79. The van der Waals surface area contributed by atoms with Gasteiger partial charge in [0.1, 0.15) is 16.7 Å². The van der Waals surface area contributed by atoms with E-state index in [0.717, 1.165) is 6.20 Å². The fraction of sp³-hybridized carbons (Fsp3) is 0.462. The van der Waals surface area contributed by atoms with Crippen LogP contribution in [-0.2, 0) is 14.8 Å². The molecule has 1 atom stereocenters. The van der Waals surface area contributed by atoms with Crippen LogP contribution in [0.1, 0.15) is 25.5 Å². The summed E-state index contributed by atoms with van der Waals surface area (Å²) in [6, 6.07) is 4.46. The molecule has 0 saturated carbocycles. The number of pyridine rings is 1. The molecule has 1 aromatic rings. The summed E-state index contributed by atoms with van der Waals surface area (Å²) in [7, 11) is -3.79. The van der Waals surface area contributed by atoms with Crippen molar-refractivity contribution in [2.45, 2.75) is 24.7 Å². The van der Waals surface area contributed by atoms with Crippen LogP contribution in [0.3, 0.4) is 0 Å². The van der Waals surface area contributed by atoms with Crippen molar-refractivity contribution in [1.29, 1.82) is 5.26 Å². The highest BCUT2D eigenvalue weighted by Crippen LogP contribution is 2.32.